The molecule has 2 rings (SSSR count). The van der Waals surface area contributed by atoms with Gasteiger partial charge in [0.2, 0.25) is 0 Å². The number of halogens is 1. The van der Waals surface area contributed by atoms with E-state index in [2.05, 4.69) is 10.3 Å². The lowest BCUT2D eigenvalue weighted by Crippen LogP contribution is -2.27. The molecule has 7 heteroatoms. The third-order valence-electron chi connectivity index (χ3n) is 3.08. The molecule has 2 aromatic rings. The second-order valence-electron chi connectivity index (χ2n) is 6.29. The van der Waals surface area contributed by atoms with Crippen LogP contribution in [-0.4, -0.2) is 22.5 Å². The van der Waals surface area contributed by atoms with Crippen LogP contribution >= 0.6 is 22.9 Å². The first kappa shape index (κ1) is 18.4. The molecule has 0 atom stereocenters. The van der Waals surface area contributed by atoms with Crippen molar-refractivity contribution < 1.29 is 14.3 Å². The SMILES string of the molecule is Cc1cccc(Cl)c1CC(=O)c1cnc(NC(=O)OC(C)(C)C)s1. The second kappa shape index (κ2) is 7.32. The summed E-state index contributed by atoms with van der Waals surface area (Å²) in [5.74, 6) is -0.0964. The van der Waals surface area contributed by atoms with Gasteiger partial charge in [-0.25, -0.2) is 9.78 Å². The topological polar surface area (TPSA) is 68.3 Å². The number of thiazole rings is 1. The summed E-state index contributed by atoms with van der Waals surface area (Å²) in [6, 6.07) is 5.52. The maximum atomic E-state index is 12.4. The largest absolute Gasteiger partial charge is 0.444 e. The van der Waals surface area contributed by atoms with E-state index in [1.807, 2.05) is 19.1 Å². The summed E-state index contributed by atoms with van der Waals surface area (Å²) in [6.07, 6.45) is 1.05. The number of ether oxygens (including phenoxy) is 1. The number of benzene rings is 1. The van der Waals surface area contributed by atoms with Crippen LogP contribution in [0.3, 0.4) is 0 Å². The molecule has 0 saturated carbocycles. The zero-order chi connectivity index (χ0) is 17.9. The average molecular weight is 367 g/mol. The van der Waals surface area contributed by atoms with Gasteiger partial charge in [-0.15, -0.1) is 0 Å². The number of rotatable bonds is 4. The molecule has 0 aliphatic heterocycles. The monoisotopic (exact) mass is 366 g/mol. The van der Waals surface area contributed by atoms with Crippen LogP contribution in [0.1, 0.15) is 41.6 Å². The number of carbonyl (C=O) groups excluding carboxylic acids is 2. The summed E-state index contributed by atoms with van der Waals surface area (Å²) in [7, 11) is 0. The normalized spacial score (nSPS) is 11.2. The second-order valence-corrected chi connectivity index (χ2v) is 7.73. The van der Waals surface area contributed by atoms with Crippen LogP contribution < -0.4 is 5.32 Å². The first-order chi connectivity index (χ1) is 11.2. The van der Waals surface area contributed by atoms with Crippen molar-refractivity contribution in [2.24, 2.45) is 0 Å². The highest BCUT2D eigenvalue weighted by Crippen LogP contribution is 2.25. The molecule has 1 N–H and O–H groups in total. The number of amides is 1. The summed E-state index contributed by atoms with van der Waals surface area (Å²) in [6.45, 7) is 7.23. The molecule has 0 bridgehead atoms. The Morgan fingerprint density at radius 2 is 2.04 bits per heavy atom. The smallest absolute Gasteiger partial charge is 0.413 e. The summed E-state index contributed by atoms with van der Waals surface area (Å²) >= 11 is 7.27. The summed E-state index contributed by atoms with van der Waals surface area (Å²) in [5, 5.41) is 3.42. The van der Waals surface area contributed by atoms with Crippen LogP contribution in [0.4, 0.5) is 9.93 Å². The van der Waals surface area contributed by atoms with E-state index < -0.39 is 11.7 Å². The van der Waals surface area contributed by atoms with Crippen LogP contribution in [-0.2, 0) is 11.2 Å². The highest BCUT2D eigenvalue weighted by molar-refractivity contribution is 7.17. The van der Waals surface area contributed by atoms with E-state index in [4.69, 9.17) is 16.3 Å². The first-order valence-corrected chi connectivity index (χ1v) is 8.58. The molecule has 1 amide bonds. The zero-order valence-corrected chi connectivity index (χ0v) is 15.5. The number of aromatic nitrogens is 1. The Morgan fingerprint density at radius 3 is 2.67 bits per heavy atom. The Hall–Kier alpha value is -1.92. The van der Waals surface area contributed by atoms with Gasteiger partial charge in [-0.2, -0.15) is 0 Å². The van der Waals surface area contributed by atoms with Crippen molar-refractivity contribution in [3.63, 3.8) is 0 Å². The minimum Gasteiger partial charge on any atom is -0.444 e. The highest BCUT2D eigenvalue weighted by atomic mass is 35.5. The van der Waals surface area contributed by atoms with Crippen LogP contribution in [0.15, 0.2) is 24.4 Å². The minimum atomic E-state index is -0.599. The maximum Gasteiger partial charge on any atom is 0.413 e. The lowest BCUT2D eigenvalue weighted by Gasteiger charge is -2.18. The molecular weight excluding hydrogens is 348 g/mol. The van der Waals surface area contributed by atoms with Gasteiger partial charge in [-0.1, -0.05) is 35.1 Å². The molecule has 0 aliphatic rings. The number of nitrogens with zero attached hydrogens (tertiary/aromatic N) is 1. The quantitative estimate of drug-likeness (QED) is 0.783. The Labute approximate surface area is 150 Å². The minimum absolute atomic E-state index is 0.0964. The number of ketones is 1. The average Bonchev–Trinajstić information content (AvgIpc) is 2.89. The third kappa shape index (κ3) is 5.04. The Morgan fingerprint density at radius 1 is 1.33 bits per heavy atom. The molecule has 5 nitrogen and oxygen atoms in total. The summed E-state index contributed by atoms with van der Waals surface area (Å²) in [5.41, 5.74) is 1.17. The zero-order valence-electron chi connectivity index (χ0n) is 14.0. The van der Waals surface area contributed by atoms with E-state index in [0.29, 0.717) is 15.0 Å². The van der Waals surface area contributed by atoms with Gasteiger partial charge in [0.25, 0.3) is 0 Å². The summed E-state index contributed by atoms with van der Waals surface area (Å²) < 4.78 is 5.15. The van der Waals surface area contributed by atoms with Crippen molar-refractivity contribution in [2.75, 3.05) is 5.32 Å². The van der Waals surface area contributed by atoms with E-state index in [1.54, 1.807) is 26.8 Å². The van der Waals surface area contributed by atoms with Gasteiger partial charge in [0.15, 0.2) is 10.9 Å². The van der Waals surface area contributed by atoms with E-state index in [1.165, 1.54) is 6.20 Å². The molecule has 128 valence electrons. The van der Waals surface area contributed by atoms with Crippen molar-refractivity contribution in [3.05, 3.63) is 45.4 Å². The molecule has 1 heterocycles. The Bertz CT molecular complexity index is 745. The van der Waals surface area contributed by atoms with Crippen molar-refractivity contribution in [2.45, 2.75) is 39.7 Å². The van der Waals surface area contributed by atoms with Gasteiger partial charge in [-0.3, -0.25) is 10.1 Å². The lowest BCUT2D eigenvalue weighted by atomic mass is 10.0. The first-order valence-electron chi connectivity index (χ1n) is 7.39. The highest BCUT2D eigenvalue weighted by Gasteiger charge is 2.19. The maximum absolute atomic E-state index is 12.4. The van der Waals surface area contributed by atoms with Gasteiger partial charge in [0.1, 0.15) is 5.60 Å². The lowest BCUT2D eigenvalue weighted by molar-refractivity contribution is 0.0635. The summed E-state index contributed by atoms with van der Waals surface area (Å²) in [4.78, 5) is 28.6. The van der Waals surface area contributed by atoms with Crippen LogP contribution in [0, 0.1) is 6.92 Å². The number of aryl methyl sites for hydroxylation is 1. The van der Waals surface area contributed by atoms with Gasteiger partial charge in [0.05, 0.1) is 11.1 Å². The molecule has 24 heavy (non-hydrogen) atoms. The van der Waals surface area contributed by atoms with Crippen molar-refractivity contribution >= 4 is 39.9 Å². The van der Waals surface area contributed by atoms with E-state index in [0.717, 1.165) is 22.5 Å². The molecule has 0 spiro atoms. The van der Waals surface area contributed by atoms with Crippen molar-refractivity contribution in [1.29, 1.82) is 0 Å². The van der Waals surface area contributed by atoms with Gasteiger partial charge in [0, 0.05) is 11.4 Å². The van der Waals surface area contributed by atoms with Crippen molar-refractivity contribution in [3.8, 4) is 0 Å². The number of anilines is 1. The van der Waals surface area contributed by atoms with Crippen LogP contribution in [0.5, 0.6) is 0 Å². The van der Waals surface area contributed by atoms with Crippen molar-refractivity contribution in [1.82, 2.24) is 4.98 Å². The van der Waals surface area contributed by atoms with Crippen LogP contribution in [0.25, 0.3) is 0 Å². The fourth-order valence-corrected chi connectivity index (χ4v) is 3.02. The number of nitrogens with one attached hydrogen (secondary N) is 1. The Kier molecular flexibility index (Phi) is 5.62. The van der Waals surface area contributed by atoms with E-state index in [9.17, 15) is 9.59 Å². The fourth-order valence-electron chi connectivity index (χ4n) is 1.99. The fraction of sp³-hybridized carbons (Fsp3) is 0.353. The number of Topliss-reactive ketones (excluding diaryl/α,β-unsaturated/α-hetero) is 1. The molecule has 0 radical (unpaired) electrons. The molecule has 0 aliphatic carbocycles. The van der Waals surface area contributed by atoms with Gasteiger partial charge in [-0.05, 0) is 44.9 Å². The van der Waals surface area contributed by atoms with E-state index in [-0.39, 0.29) is 12.2 Å². The third-order valence-corrected chi connectivity index (χ3v) is 4.39. The molecule has 1 aromatic carbocycles. The molecule has 0 fully saturated rings. The number of carbonyl (C=O) groups is 2. The van der Waals surface area contributed by atoms with E-state index >= 15 is 0 Å². The Balaban J connectivity index is 2.05. The predicted octanol–water partition coefficient (Wildman–Crippen LogP) is 4.88. The molecule has 0 unspecified atom stereocenters. The predicted molar refractivity (Wildman–Crippen MR) is 96.2 cm³/mol. The molecule has 1 aromatic heterocycles. The number of hydrogen-bond acceptors (Lipinski definition) is 5. The molecule has 0 saturated heterocycles. The molecular formula is C17H19ClN2O3S. The van der Waals surface area contributed by atoms with Gasteiger partial charge < -0.3 is 4.74 Å². The standard InChI is InChI=1S/C17H19ClN2O3S/c1-10-6-5-7-12(18)11(10)8-13(21)14-9-19-15(24-14)20-16(22)23-17(2,3)4/h5-7,9H,8H2,1-4H3,(H,19,20,22). The van der Waals surface area contributed by atoms with Crippen LogP contribution in [0.2, 0.25) is 5.02 Å². The van der Waals surface area contributed by atoms with Gasteiger partial charge >= 0.3 is 6.09 Å². The number of hydrogen-bond donors (Lipinski definition) is 1.